The second kappa shape index (κ2) is 3.79. The van der Waals surface area contributed by atoms with Crippen LogP contribution in [0.4, 0.5) is 8.78 Å². The Bertz CT molecular complexity index is 327. The van der Waals surface area contributed by atoms with E-state index in [9.17, 15) is 8.78 Å². The molecule has 3 N–H and O–H groups in total. The molecular weight excluding hydrogens is 180 g/mol. The number of pyridine rings is 1. The number of rotatable bonds is 2. The second-order valence-electron chi connectivity index (χ2n) is 2.23. The number of alkyl halides is 2. The molecule has 4 nitrogen and oxygen atoms in total. The summed E-state index contributed by atoms with van der Waals surface area (Å²) in [6, 6.07) is 3.90. The van der Waals surface area contributed by atoms with Crippen molar-refractivity contribution in [3.63, 3.8) is 0 Å². The van der Waals surface area contributed by atoms with Gasteiger partial charge in [-0.05, 0) is 12.1 Å². The number of nitrogens with two attached hydrogens (primary N) is 1. The molecule has 0 saturated carbocycles. The maximum atomic E-state index is 12.1. The maximum Gasteiger partial charge on any atom is 0.280 e. The van der Waals surface area contributed by atoms with Gasteiger partial charge in [-0.1, -0.05) is 11.2 Å². The normalized spacial score (nSPS) is 12.1. The van der Waals surface area contributed by atoms with Crippen LogP contribution in [0, 0.1) is 0 Å². The topological polar surface area (TPSA) is 71.5 Å². The summed E-state index contributed by atoms with van der Waals surface area (Å²) in [6.07, 6.45) is -2.66. The van der Waals surface area contributed by atoms with Crippen molar-refractivity contribution < 1.29 is 14.0 Å². The van der Waals surface area contributed by atoms with E-state index in [0.29, 0.717) is 0 Å². The zero-order valence-electron chi connectivity index (χ0n) is 6.48. The summed E-state index contributed by atoms with van der Waals surface area (Å²) in [5, 5.41) is 10.9. The van der Waals surface area contributed by atoms with Gasteiger partial charge in [-0.15, -0.1) is 0 Å². The molecule has 0 radical (unpaired) electrons. The van der Waals surface area contributed by atoms with Gasteiger partial charge in [-0.3, -0.25) is 0 Å². The van der Waals surface area contributed by atoms with Crippen molar-refractivity contribution in [2.24, 2.45) is 10.9 Å². The van der Waals surface area contributed by atoms with Crippen LogP contribution in [0.5, 0.6) is 0 Å². The number of hydrogen-bond acceptors (Lipinski definition) is 3. The number of aromatic nitrogens is 1. The van der Waals surface area contributed by atoms with Crippen LogP contribution in [0.1, 0.15) is 17.8 Å². The van der Waals surface area contributed by atoms with Gasteiger partial charge in [0.2, 0.25) is 0 Å². The van der Waals surface area contributed by atoms with E-state index in [1.165, 1.54) is 18.2 Å². The van der Waals surface area contributed by atoms with Crippen LogP contribution in [0.15, 0.2) is 23.4 Å². The lowest BCUT2D eigenvalue weighted by Gasteiger charge is -2.01. The number of hydrogen-bond donors (Lipinski definition) is 2. The van der Waals surface area contributed by atoms with E-state index in [0.717, 1.165) is 0 Å². The molecule has 6 heteroatoms. The van der Waals surface area contributed by atoms with E-state index < -0.39 is 12.1 Å². The monoisotopic (exact) mass is 187 g/mol. The Hall–Kier alpha value is -1.72. The van der Waals surface area contributed by atoms with Crippen LogP contribution < -0.4 is 5.73 Å². The Morgan fingerprint density at radius 1 is 1.54 bits per heavy atom. The minimum atomic E-state index is -2.66. The number of nitrogens with zero attached hydrogens (tertiary/aromatic N) is 2. The molecule has 70 valence electrons. The van der Waals surface area contributed by atoms with Gasteiger partial charge in [0.15, 0.2) is 5.84 Å². The minimum Gasteiger partial charge on any atom is -0.409 e. The minimum absolute atomic E-state index is 0.0281. The fraction of sp³-hybridized carbons (Fsp3) is 0.143. The first-order chi connectivity index (χ1) is 6.15. The highest BCUT2D eigenvalue weighted by Gasteiger charge is 2.10. The van der Waals surface area contributed by atoms with Crippen molar-refractivity contribution in [2.45, 2.75) is 6.43 Å². The molecule has 0 spiro atoms. The van der Waals surface area contributed by atoms with Crippen LogP contribution in [0.3, 0.4) is 0 Å². The first-order valence-electron chi connectivity index (χ1n) is 3.38. The average Bonchev–Trinajstić information content (AvgIpc) is 2.17. The lowest BCUT2D eigenvalue weighted by Crippen LogP contribution is -2.15. The third kappa shape index (κ3) is 2.11. The van der Waals surface area contributed by atoms with Crippen LogP contribution in [0.25, 0.3) is 0 Å². The van der Waals surface area contributed by atoms with Gasteiger partial charge in [0.25, 0.3) is 6.43 Å². The van der Waals surface area contributed by atoms with E-state index in [4.69, 9.17) is 10.9 Å². The average molecular weight is 187 g/mol. The molecule has 0 aliphatic rings. The highest BCUT2D eigenvalue weighted by Crippen LogP contribution is 2.15. The third-order valence-corrected chi connectivity index (χ3v) is 1.36. The first-order valence-corrected chi connectivity index (χ1v) is 3.38. The molecule has 1 aromatic heterocycles. The molecule has 0 aromatic carbocycles. The Kier molecular flexibility index (Phi) is 2.73. The molecule has 0 amide bonds. The lowest BCUT2D eigenvalue weighted by atomic mass is 10.3. The Morgan fingerprint density at radius 2 is 2.23 bits per heavy atom. The lowest BCUT2D eigenvalue weighted by molar-refractivity contribution is 0.146. The van der Waals surface area contributed by atoms with E-state index in [-0.39, 0.29) is 11.5 Å². The molecule has 1 aromatic rings. The van der Waals surface area contributed by atoms with Crippen molar-refractivity contribution in [2.75, 3.05) is 0 Å². The molecule has 13 heavy (non-hydrogen) atoms. The maximum absolute atomic E-state index is 12.1. The molecule has 0 bridgehead atoms. The summed E-state index contributed by atoms with van der Waals surface area (Å²) in [5.74, 6) is -0.289. The molecule has 1 heterocycles. The number of oxime groups is 1. The predicted octanol–water partition coefficient (Wildman–Crippen LogP) is 1.11. The van der Waals surface area contributed by atoms with Gasteiger partial charge >= 0.3 is 0 Å². The summed E-state index contributed by atoms with van der Waals surface area (Å²) in [4.78, 5) is 3.48. The van der Waals surface area contributed by atoms with Crippen LogP contribution in [-0.4, -0.2) is 16.0 Å². The summed E-state index contributed by atoms with van der Waals surface area (Å²) in [6.45, 7) is 0. The van der Waals surface area contributed by atoms with Crippen LogP contribution in [-0.2, 0) is 0 Å². The molecule has 0 fully saturated rings. The first kappa shape index (κ1) is 9.37. The largest absolute Gasteiger partial charge is 0.409 e. The fourth-order valence-electron chi connectivity index (χ4n) is 0.767. The predicted molar refractivity (Wildman–Crippen MR) is 41.7 cm³/mol. The van der Waals surface area contributed by atoms with Crippen molar-refractivity contribution in [1.82, 2.24) is 4.98 Å². The van der Waals surface area contributed by atoms with Gasteiger partial charge in [0, 0.05) is 0 Å². The van der Waals surface area contributed by atoms with Crippen molar-refractivity contribution >= 4 is 5.84 Å². The summed E-state index contributed by atoms with van der Waals surface area (Å²) in [7, 11) is 0. The van der Waals surface area contributed by atoms with Crippen LogP contribution >= 0.6 is 0 Å². The molecule has 0 aliphatic heterocycles. The van der Waals surface area contributed by atoms with E-state index in [1.54, 1.807) is 0 Å². The quantitative estimate of drug-likeness (QED) is 0.315. The summed E-state index contributed by atoms with van der Waals surface area (Å²) < 4.78 is 24.2. The second-order valence-corrected chi connectivity index (χ2v) is 2.23. The van der Waals surface area contributed by atoms with Crippen molar-refractivity contribution in [1.29, 1.82) is 0 Å². The smallest absolute Gasteiger partial charge is 0.280 e. The Labute approximate surface area is 72.7 Å². The molecule has 0 saturated heterocycles. The van der Waals surface area contributed by atoms with Gasteiger partial charge in [-0.2, -0.15) is 0 Å². The van der Waals surface area contributed by atoms with E-state index in [2.05, 4.69) is 10.1 Å². The van der Waals surface area contributed by atoms with Crippen LogP contribution in [0.2, 0.25) is 0 Å². The molecule has 0 unspecified atom stereocenters. The highest BCUT2D eigenvalue weighted by molar-refractivity contribution is 5.95. The van der Waals surface area contributed by atoms with E-state index in [1.807, 2.05) is 0 Å². The van der Waals surface area contributed by atoms with E-state index >= 15 is 0 Å². The number of amidine groups is 1. The standard InChI is InChI=1S/C7H7F2N3O/c8-6(9)4-2-1-3-5(11-4)7(10)12-13/h1-3,6,13H,(H2,10,12). The zero-order chi connectivity index (χ0) is 9.84. The Morgan fingerprint density at radius 3 is 2.77 bits per heavy atom. The van der Waals surface area contributed by atoms with Gasteiger partial charge in [-0.25, -0.2) is 13.8 Å². The zero-order valence-corrected chi connectivity index (χ0v) is 6.48. The van der Waals surface area contributed by atoms with Gasteiger partial charge in [0.1, 0.15) is 11.4 Å². The summed E-state index contributed by atoms with van der Waals surface area (Å²) in [5.41, 5.74) is 4.78. The molecule has 1 rings (SSSR count). The Balaban J connectivity index is 3.05. The fourth-order valence-corrected chi connectivity index (χ4v) is 0.767. The molecule has 0 aliphatic carbocycles. The molecular formula is C7H7F2N3O. The third-order valence-electron chi connectivity index (χ3n) is 1.36. The van der Waals surface area contributed by atoms with Gasteiger partial charge in [0.05, 0.1) is 0 Å². The number of halogens is 2. The SMILES string of the molecule is NC(=NO)c1cccc(C(F)F)n1. The van der Waals surface area contributed by atoms with Gasteiger partial charge < -0.3 is 10.9 Å². The highest BCUT2D eigenvalue weighted by atomic mass is 19.3. The summed E-state index contributed by atoms with van der Waals surface area (Å²) >= 11 is 0. The van der Waals surface area contributed by atoms with Crippen molar-refractivity contribution in [3.8, 4) is 0 Å². The molecule has 0 atom stereocenters. The van der Waals surface area contributed by atoms with Crippen molar-refractivity contribution in [3.05, 3.63) is 29.6 Å².